The zero-order valence-electron chi connectivity index (χ0n) is 20.5. The Balaban J connectivity index is 0.00000320. The molecule has 3 heterocycles. The maximum Gasteiger partial charge on any atom is 0.225 e. The van der Waals surface area contributed by atoms with Gasteiger partial charge in [0.1, 0.15) is 17.2 Å². The quantitative estimate of drug-likeness (QED) is 0.482. The number of nitrogens with one attached hydrogen (secondary N) is 2. The van der Waals surface area contributed by atoms with E-state index >= 15 is 0 Å². The molecule has 0 atom stereocenters. The van der Waals surface area contributed by atoms with Crippen molar-refractivity contribution in [3.05, 3.63) is 36.0 Å². The maximum absolute atomic E-state index is 14.5. The van der Waals surface area contributed by atoms with E-state index in [1.165, 1.54) is 12.1 Å². The van der Waals surface area contributed by atoms with Crippen molar-refractivity contribution in [2.75, 3.05) is 36.9 Å². The van der Waals surface area contributed by atoms with Gasteiger partial charge in [-0.2, -0.15) is 4.98 Å². The fourth-order valence-electron chi connectivity index (χ4n) is 4.99. The van der Waals surface area contributed by atoms with Gasteiger partial charge in [-0.15, -0.1) is 0 Å². The molecule has 2 N–H and O–H groups in total. The van der Waals surface area contributed by atoms with E-state index in [0.29, 0.717) is 49.4 Å². The van der Waals surface area contributed by atoms with E-state index in [-0.39, 0.29) is 37.0 Å². The van der Waals surface area contributed by atoms with Crippen molar-refractivity contribution < 1.29 is 18.3 Å². The van der Waals surface area contributed by atoms with Crippen LogP contribution in [0.3, 0.4) is 0 Å². The van der Waals surface area contributed by atoms with Gasteiger partial charge in [0, 0.05) is 37.2 Å². The van der Waals surface area contributed by atoms with Crippen molar-refractivity contribution in [3.8, 4) is 0 Å². The number of aromatic nitrogens is 4. The van der Waals surface area contributed by atoms with Crippen LogP contribution in [0.5, 0.6) is 0 Å². The summed E-state index contributed by atoms with van der Waals surface area (Å²) in [5, 5.41) is 6.25. The van der Waals surface area contributed by atoms with Gasteiger partial charge >= 0.3 is 0 Å². The molecule has 1 aromatic carbocycles. The summed E-state index contributed by atoms with van der Waals surface area (Å²) < 4.78 is 35.3. The second-order valence-corrected chi connectivity index (χ2v) is 9.70. The summed E-state index contributed by atoms with van der Waals surface area (Å²) in [5.41, 5.74) is 1.32. The van der Waals surface area contributed by atoms with Crippen LogP contribution in [0.2, 0.25) is 0 Å². The highest BCUT2D eigenvalue weighted by molar-refractivity contribution is 5.79. The van der Waals surface area contributed by atoms with Crippen LogP contribution in [0.25, 0.3) is 11.2 Å². The summed E-state index contributed by atoms with van der Waals surface area (Å²) in [6, 6.07) is 3.54. The summed E-state index contributed by atoms with van der Waals surface area (Å²) in [5.74, 6) is -0.284. The molecule has 2 fully saturated rings. The SMILES string of the molecule is C.CC(C)Nc1ncc2nc(Nc3ccc(F)cc3F)n(C3CCC(C(=O)N4CCOCC4)CC3)c2n1. The van der Waals surface area contributed by atoms with E-state index in [1.807, 2.05) is 23.3 Å². The van der Waals surface area contributed by atoms with Gasteiger partial charge in [-0.3, -0.25) is 9.36 Å². The maximum atomic E-state index is 14.5. The van der Waals surface area contributed by atoms with Gasteiger partial charge in [0.15, 0.2) is 5.65 Å². The highest BCUT2D eigenvalue weighted by atomic mass is 19.1. The molecule has 2 aromatic heterocycles. The number of amides is 1. The van der Waals surface area contributed by atoms with Crippen molar-refractivity contribution in [3.63, 3.8) is 0 Å². The van der Waals surface area contributed by atoms with Crippen LogP contribution in [0.1, 0.15) is 53.0 Å². The lowest BCUT2D eigenvalue weighted by atomic mass is 9.85. The summed E-state index contributed by atoms with van der Waals surface area (Å²) in [6.45, 7) is 6.46. The van der Waals surface area contributed by atoms with Crippen LogP contribution in [-0.2, 0) is 9.53 Å². The predicted octanol–water partition coefficient (Wildman–Crippen LogP) is 4.89. The minimum Gasteiger partial charge on any atom is -0.378 e. The smallest absolute Gasteiger partial charge is 0.225 e. The summed E-state index contributed by atoms with van der Waals surface area (Å²) >= 11 is 0. The van der Waals surface area contributed by atoms with Crippen LogP contribution in [-0.4, -0.2) is 62.7 Å². The molecule has 0 spiro atoms. The number of imidazole rings is 1. The molecule has 11 heteroatoms. The minimum atomic E-state index is -0.707. The third kappa shape index (κ3) is 5.82. The Kier molecular flexibility index (Phi) is 8.21. The fraction of sp³-hybridized carbons (Fsp3) is 0.538. The van der Waals surface area contributed by atoms with E-state index in [4.69, 9.17) is 9.72 Å². The summed E-state index contributed by atoms with van der Waals surface area (Å²) in [4.78, 5) is 28.6. The number of fused-ring (bicyclic) bond motifs is 1. The lowest BCUT2D eigenvalue weighted by Gasteiger charge is -2.34. The van der Waals surface area contributed by atoms with Crippen molar-refractivity contribution in [1.82, 2.24) is 24.4 Å². The highest BCUT2D eigenvalue weighted by Crippen LogP contribution is 2.38. The Bertz CT molecular complexity index is 1240. The number of carbonyl (C=O) groups excluding carboxylic acids is 1. The number of hydrogen-bond acceptors (Lipinski definition) is 7. The molecule has 5 rings (SSSR count). The number of halogens is 2. The van der Waals surface area contributed by atoms with Gasteiger partial charge in [0.05, 0.1) is 25.1 Å². The van der Waals surface area contributed by atoms with Crippen LogP contribution in [0.4, 0.5) is 26.4 Å². The molecule has 1 aliphatic heterocycles. The van der Waals surface area contributed by atoms with Crippen molar-refractivity contribution in [1.29, 1.82) is 0 Å². The lowest BCUT2D eigenvalue weighted by molar-refractivity contribution is -0.140. The molecule has 37 heavy (non-hydrogen) atoms. The molecule has 1 amide bonds. The number of hydrogen-bond donors (Lipinski definition) is 2. The largest absolute Gasteiger partial charge is 0.378 e. The van der Waals surface area contributed by atoms with Gasteiger partial charge in [-0.25, -0.2) is 18.7 Å². The van der Waals surface area contributed by atoms with Crippen LogP contribution in [0, 0.1) is 17.6 Å². The van der Waals surface area contributed by atoms with Crippen LogP contribution < -0.4 is 10.6 Å². The predicted molar refractivity (Wildman–Crippen MR) is 139 cm³/mol. The Morgan fingerprint density at radius 1 is 1.11 bits per heavy atom. The number of benzene rings is 1. The minimum absolute atomic E-state index is 0. The molecule has 200 valence electrons. The van der Waals surface area contributed by atoms with Crippen LogP contribution in [0.15, 0.2) is 24.4 Å². The Labute approximate surface area is 215 Å². The first kappa shape index (κ1) is 26.7. The number of ether oxygens (including phenoxy) is 1. The van der Waals surface area contributed by atoms with E-state index in [0.717, 1.165) is 31.7 Å². The van der Waals surface area contributed by atoms with Gasteiger partial charge < -0.3 is 20.3 Å². The Morgan fingerprint density at radius 3 is 2.51 bits per heavy atom. The third-order valence-electron chi connectivity index (χ3n) is 6.76. The van der Waals surface area contributed by atoms with Crippen molar-refractivity contribution >= 4 is 34.7 Å². The lowest BCUT2D eigenvalue weighted by Crippen LogP contribution is -2.44. The number of carbonyl (C=O) groups is 1. The Morgan fingerprint density at radius 2 is 1.84 bits per heavy atom. The molecule has 1 saturated heterocycles. The first-order valence-corrected chi connectivity index (χ1v) is 12.5. The van der Waals surface area contributed by atoms with E-state index < -0.39 is 11.6 Å². The fourth-order valence-corrected chi connectivity index (χ4v) is 4.99. The number of anilines is 3. The van der Waals surface area contributed by atoms with Gasteiger partial charge in [0.25, 0.3) is 0 Å². The highest BCUT2D eigenvalue weighted by Gasteiger charge is 2.32. The molecule has 0 unspecified atom stereocenters. The molecule has 1 aliphatic carbocycles. The second-order valence-electron chi connectivity index (χ2n) is 9.70. The molecule has 9 nitrogen and oxygen atoms in total. The van der Waals surface area contributed by atoms with Gasteiger partial charge in [-0.05, 0) is 51.7 Å². The average molecular weight is 516 g/mol. The zero-order chi connectivity index (χ0) is 25.2. The van der Waals surface area contributed by atoms with Gasteiger partial charge in [0.2, 0.25) is 17.8 Å². The topological polar surface area (TPSA) is 97.2 Å². The monoisotopic (exact) mass is 515 g/mol. The molecular formula is C26H35F2N7O2. The van der Waals surface area contributed by atoms with Crippen molar-refractivity contribution in [2.45, 2.75) is 59.0 Å². The molecule has 0 radical (unpaired) electrons. The molecule has 1 saturated carbocycles. The third-order valence-corrected chi connectivity index (χ3v) is 6.76. The standard InChI is InChI=1S/C25H31F2N7O2.CH4/c1-15(2)29-24-28-14-21-22(32-24)34(25(31-21)30-20-8-5-17(26)13-19(20)27)18-6-3-16(4-7-18)23(35)33-9-11-36-12-10-33;/h5,8,13-16,18H,3-4,6-7,9-12H2,1-2H3,(H,30,31)(H,28,29,32);1H4. The number of morpholine rings is 1. The van der Waals surface area contributed by atoms with Gasteiger partial charge in [-0.1, -0.05) is 7.43 Å². The zero-order valence-corrected chi connectivity index (χ0v) is 20.5. The Hall–Kier alpha value is -3.34. The molecule has 3 aromatic rings. The average Bonchev–Trinajstić information content (AvgIpc) is 3.22. The molecule has 2 aliphatic rings. The van der Waals surface area contributed by atoms with Crippen molar-refractivity contribution in [2.24, 2.45) is 5.92 Å². The first-order chi connectivity index (χ1) is 17.4. The van der Waals surface area contributed by atoms with E-state index in [1.54, 1.807) is 6.20 Å². The van der Waals surface area contributed by atoms with E-state index in [2.05, 4.69) is 20.6 Å². The number of nitrogens with zero attached hydrogens (tertiary/aromatic N) is 5. The van der Waals surface area contributed by atoms with E-state index in [9.17, 15) is 13.6 Å². The number of rotatable bonds is 6. The first-order valence-electron chi connectivity index (χ1n) is 12.5. The normalized spacial score (nSPS) is 20.1. The second kappa shape index (κ2) is 11.4. The molecule has 0 bridgehead atoms. The van der Waals surface area contributed by atoms with Crippen LogP contribution >= 0.6 is 0 Å². The summed E-state index contributed by atoms with van der Waals surface area (Å²) in [7, 11) is 0. The molecular weight excluding hydrogens is 480 g/mol. The summed E-state index contributed by atoms with van der Waals surface area (Å²) in [6.07, 6.45) is 4.64.